The van der Waals surface area contributed by atoms with Gasteiger partial charge in [0.25, 0.3) is 5.91 Å². The molecule has 1 saturated heterocycles. The summed E-state index contributed by atoms with van der Waals surface area (Å²) in [5.74, 6) is -2.63. The Hall–Kier alpha value is -3.39. The smallest absolute Gasteiger partial charge is 0.414 e. The highest BCUT2D eigenvalue weighted by Gasteiger charge is 2.21. The van der Waals surface area contributed by atoms with Gasteiger partial charge in [-0.25, -0.2) is 9.59 Å². The number of carboxylic acids is 2. The summed E-state index contributed by atoms with van der Waals surface area (Å²) >= 11 is 0. The normalized spacial score (nSPS) is 13.8. The van der Waals surface area contributed by atoms with Gasteiger partial charge in [0.2, 0.25) is 0 Å². The number of piperazine rings is 1. The van der Waals surface area contributed by atoms with Gasteiger partial charge in [0.05, 0.1) is 7.11 Å². The van der Waals surface area contributed by atoms with Crippen LogP contribution in [0.3, 0.4) is 0 Å². The molecule has 1 aliphatic rings. The molecule has 0 atom stereocenters. The molecule has 2 aromatic rings. The lowest BCUT2D eigenvalue weighted by Gasteiger charge is -2.34. The standard InChI is InChI=1S/C19H22N2O2.C2H2O4/c1-23-18-9-7-16(8-10-18)15-20-11-13-21(14-12-20)19(22)17-5-3-2-4-6-17;3-1(4)2(5)6/h2-10H,11-15H2,1H3;(H,3,4)(H,5,6). The molecule has 1 fully saturated rings. The molecule has 0 saturated carbocycles. The van der Waals surface area contributed by atoms with Crippen molar-refractivity contribution in [3.05, 3.63) is 65.7 Å². The van der Waals surface area contributed by atoms with Crippen molar-refractivity contribution in [2.45, 2.75) is 6.54 Å². The minimum Gasteiger partial charge on any atom is -0.497 e. The van der Waals surface area contributed by atoms with Gasteiger partial charge >= 0.3 is 11.9 Å². The van der Waals surface area contributed by atoms with E-state index in [-0.39, 0.29) is 5.91 Å². The van der Waals surface area contributed by atoms with E-state index < -0.39 is 11.9 Å². The van der Waals surface area contributed by atoms with Crippen LogP contribution in [0.5, 0.6) is 5.75 Å². The van der Waals surface area contributed by atoms with Gasteiger partial charge in [-0.1, -0.05) is 30.3 Å². The molecule has 2 aromatic carbocycles. The van der Waals surface area contributed by atoms with Crippen molar-refractivity contribution >= 4 is 17.8 Å². The molecule has 1 heterocycles. The third kappa shape index (κ3) is 6.93. The average Bonchev–Trinajstić information content (AvgIpc) is 2.75. The van der Waals surface area contributed by atoms with Crippen LogP contribution in [-0.4, -0.2) is 71.1 Å². The van der Waals surface area contributed by atoms with Gasteiger partial charge in [-0.3, -0.25) is 9.69 Å². The molecule has 0 bridgehead atoms. The molecule has 8 nitrogen and oxygen atoms in total. The van der Waals surface area contributed by atoms with E-state index in [1.807, 2.05) is 47.4 Å². The lowest BCUT2D eigenvalue weighted by molar-refractivity contribution is -0.159. The number of amides is 1. The Balaban J connectivity index is 0.000000438. The molecule has 3 rings (SSSR count). The van der Waals surface area contributed by atoms with Crippen LogP contribution in [0.1, 0.15) is 15.9 Å². The van der Waals surface area contributed by atoms with Crippen LogP contribution >= 0.6 is 0 Å². The van der Waals surface area contributed by atoms with E-state index in [4.69, 9.17) is 24.5 Å². The summed E-state index contributed by atoms with van der Waals surface area (Å²) in [6, 6.07) is 17.7. The molecule has 0 unspecified atom stereocenters. The molecular formula is C21H24N2O6. The van der Waals surface area contributed by atoms with Gasteiger partial charge in [0, 0.05) is 38.3 Å². The van der Waals surface area contributed by atoms with E-state index >= 15 is 0 Å². The van der Waals surface area contributed by atoms with Crippen LogP contribution in [0.4, 0.5) is 0 Å². The number of nitrogens with zero attached hydrogens (tertiary/aromatic N) is 2. The Kier molecular flexibility index (Phi) is 8.17. The Morgan fingerprint density at radius 3 is 1.90 bits per heavy atom. The van der Waals surface area contributed by atoms with Crippen LogP contribution < -0.4 is 4.74 Å². The number of benzene rings is 2. The highest BCUT2D eigenvalue weighted by molar-refractivity contribution is 6.27. The second kappa shape index (κ2) is 10.8. The maximum Gasteiger partial charge on any atom is 0.414 e. The summed E-state index contributed by atoms with van der Waals surface area (Å²) < 4.78 is 5.18. The minimum absolute atomic E-state index is 0.134. The SMILES string of the molecule is COc1ccc(CN2CCN(C(=O)c3ccccc3)CC2)cc1.O=C(O)C(=O)O. The fourth-order valence-electron chi connectivity index (χ4n) is 2.86. The number of hydrogen-bond donors (Lipinski definition) is 2. The topological polar surface area (TPSA) is 107 Å². The first-order valence-corrected chi connectivity index (χ1v) is 9.06. The number of carboxylic acid groups (broad SMARTS) is 2. The van der Waals surface area contributed by atoms with Gasteiger partial charge < -0.3 is 19.8 Å². The van der Waals surface area contributed by atoms with Gasteiger partial charge in [0.15, 0.2) is 0 Å². The molecule has 2 N–H and O–H groups in total. The molecule has 0 radical (unpaired) electrons. The van der Waals surface area contributed by atoms with Crippen LogP contribution in [0.2, 0.25) is 0 Å². The number of carbonyl (C=O) groups is 3. The zero-order chi connectivity index (χ0) is 21.2. The number of methoxy groups -OCH3 is 1. The molecule has 1 amide bonds. The van der Waals surface area contributed by atoms with Crippen molar-refractivity contribution in [3.63, 3.8) is 0 Å². The number of carbonyl (C=O) groups excluding carboxylic acids is 1. The van der Waals surface area contributed by atoms with Gasteiger partial charge in [-0.15, -0.1) is 0 Å². The van der Waals surface area contributed by atoms with Crippen LogP contribution in [-0.2, 0) is 16.1 Å². The molecule has 0 aromatic heterocycles. The molecule has 8 heteroatoms. The fourth-order valence-corrected chi connectivity index (χ4v) is 2.86. The van der Waals surface area contributed by atoms with Crippen LogP contribution in [0, 0.1) is 0 Å². The molecule has 0 aliphatic carbocycles. The van der Waals surface area contributed by atoms with E-state index in [0.29, 0.717) is 0 Å². The van der Waals surface area contributed by atoms with Gasteiger partial charge in [0.1, 0.15) is 5.75 Å². The first-order valence-electron chi connectivity index (χ1n) is 9.06. The number of ether oxygens (including phenoxy) is 1. The van der Waals surface area contributed by atoms with E-state index in [2.05, 4.69) is 17.0 Å². The fraction of sp³-hybridized carbons (Fsp3) is 0.286. The molecular weight excluding hydrogens is 376 g/mol. The van der Waals surface area contributed by atoms with Crippen molar-refractivity contribution < 1.29 is 29.3 Å². The van der Waals surface area contributed by atoms with Crippen molar-refractivity contribution in [2.75, 3.05) is 33.3 Å². The second-order valence-electron chi connectivity index (χ2n) is 6.39. The van der Waals surface area contributed by atoms with Crippen molar-refractivity contribution in [1.82, 2.24) is 9.80 Å². The second-order valence-corrected chi connectivity index (χ2v) is 6.39. The highest BCUT2D eigenvalue weighted by Crippen LogP contribution is 2.15. The first kappa shape index (κ1) is 21.9. The quantitative estimate of drug-likeness (QED) is 0.754. The maximum absolute atomic E-state index is 12.4. The molecule has 0 spiro atoms. The molecule has 29 heavy (non-hydrogen) atoms. The zero-order valence-corrected chi connectivity index (χ0v) is 16.2. The van der Waals surface area contributed by atoms with Gasteiger partial charge in [-0.2, -0.15) is 0 Å². The molecule has 154 valence electrons. The Morgan fingerprint density at radius 2 is 1.41 bits per heavy atom. The maximum atomic E-state index is 12.4. The molecule has 1 aliphatic heterocycles. The third-order valence-corrected chi connectivity index (χ3v) is 4.43. The third-order valence-electron chi connectivity index (χ3n) is 4.43. The highest BCUT2D eigenvalue weighted by atomic mass is 16.5. The van der Waals surface area contributed by atoms with Crippen molar-refractivity contribution in [1.29, 1.82) is 0 Å². The van der Waals surface area contributed by atoms with Crippen molar-refractivity contribution in [3.8, 4) is 5.75 Å². The summed E-state index contributed by atoms with van der Waals surface area (Å²) in [7, 11) is 1.68. The predicted molar refractivity (Wildman–Crippen MR) is 106 cm³/mol. The average molecular weight is 400 g/mol. The largest absolute Gasteiger partial charge is 0.497 e. The Labute approximate surface area is 168 Å². The number of hydrogen-bond acceptors (Lipinski definition) is 5. The number of aliphatic carboxylic acids is 2. The minimum atomic E-state index is -1.82. The Bertz CT molecular complexity index is 803. The van der Waals surface area contributed by atoms with Crippen LogP contribution in [0.25, 0.3) is 0 Å². The zero-order valence-electron chi connectivity index (χ0n) is 16.2. The van der Waals surface area contributed by atoms with E-state index in [1.165, 1.54) is 5.56 Å². The summed E-state index contributed by atoms with van der Waals surface area (Å²) in [5.41, 5.74) is 2.05. The lowest BCUT2D eigenvalue weighted by atomic mass is 10.1. The monoisotopic (exact) mass is 400 g/mol. The van der Waals surface area contributed by atoms with Gasteiger partial charge in [-0.05, 0) is 29.8 Å². The number of rotatable bonds is 4. The van der Waals surface area contributed by atoms with E-state index in [0.717, 1.165) is 44.0 Å². The summed E-state index contributed by atoms with van der Waals surface area (Å²) in [6.45, 7) is 4.29. The summed E-state index contributed by atoms with van der Waals surface area (Å²) in [4.78, 5) is 35.0. The lowest BCUT2D eigenvalue weighted by Crippen LogP contribution is -2.48. The van der Waals surface area contributed by atoms with Crippen LogP contribution in [0.15, 0.2) is 54.6 Å². The van der Waals surface area contributed by atoms with E-state index in [9.17, 15) is 4.79 Å². The van der Waals surface area contributed by atoms with Crippen molar-refractivity contribution in [2.24, 2.45) is 0 Å². The predicted octanol–water partition coefficient (Wildman–Crippen LogP) is 1.81. The summed E-state index contributed by atoms with van der Waals surface area (Å²) in [5, 5.41) is 14.8. The summed E-state index contributed by atoms with van der Waals surface area (Å²) in [6.07, 6.45) is 0. The Morgan fingerprint density at radius 1 is 0.862 bits per heavy atom. The first-order chi connectivity index (χ1) is 13.9. The van der Waals surface area contributed by atoms with E-state index in [1.54, 1.807) is 7.11 Å².